The standard InChI is InChI=1S/C13H22O4/c1-5-10(7-15-12(14)6-2)11-8-16-13(3,4)17-9-11/h6,10-11H,2,5,7-9H2,1,3-4H3. The molecule has 0 aromatic rings. The first kappa shape index (κ1) is 14.2. The summed E-state index contributed by atoms with van der Waals surface area (Å²) in [7, 11) is 0. The van der Waals surface area contributed by atoms with Gasteiger partial charge >= 0.3 is 5.97 Å². The number of carbonyl (C=O) groups is 1. The topological polar surface area (TPSA) is 44.8 Å². The first-order chi connectivity index (χ1) is 7.98. The minimum Gasteiger partial charge on any atom is -0.462 e. The Morgan fingerprint density at radius 1 is 1.53 bits per heavy atom. The molecular formula is C13H22O4. The van der Waals surface area contributed by atoms with E-state index in [9.17, 15) is 4.79 Å². The van der Waals surface area contributed by atoms with E-state index in [4.69, 9.17) is 14.2 Å². The third kappa shape index (κ3) is 4.48. The summed E-state index contributed by atoms with van der Waals surface area (Å²) in [6, 6.07) is 0. The molecule has 1 unspecified atom stereocenters. The van der Waals surface area contributed by atoms with Gasteiger partial charge in [-0.1, -0.05) is 13.5 Å². The van der Waals surface area contributed by atoms with Crippen molar-refractivity contribution in [2.45, 2.75) is 33.0 Å². The Kier molecular flexibility index (Phi) is 5.15. The molecule has 0 saturated carbocycles. The van der Waals surface area contributed by atoms with E-state index in [-0.39, 0.29) is 17.8 Å². The van der Waals surface area contributed by atoms with Gasteiger partial charge in [0.15, 0.2) is 5.79 Å². The van der Waals surface area contributed by atoms with Crippen LogP contribution >= 0.6 is 0 Å². The molecule has 0 spiro atoms. The zero-order valence-corrected chi connectivity index (χ0v) is 10.9. The average Bonchev–Trinajstić information content (AvgIpc) is 2.31. The highest BCUT2D eigenvalue weighted by Gasteiger charge is 2.32. The van der Waals surface area contributed by atoms with Crippen molar-refractivity contribution in [3.8, 4) is 0 Å². The number of esters is 1. The molecule has 0 aromatic heterocycles. The van der Waals surface area contributed by atoms with Gasteiger partial charge in [-0.05, 0) is 20.3 Å². The molecule has 0 bridgehead atoms. The van der Waals surface area contributed by atoms with Crippen LogP contribution in [0.15, 0.2) is 12.7 Å². The van der Waals surface area contributed by atoms with Crippen molar-refractivity contribution in [3.63, 3.8) is 0 Å². The first-order valence-corrected chi connectivity index (χ1v) is 6.05. The molecule has 1 aliphatic rings. The van der Waals surface area contributed by atoms with Gasteiger partial charge in [-0.2, -0.15) is 0 Å². The van der Waals surface area contributed by atoms with Crippen LogP contribution in [0.4, 0.5) is 0 Å². The van der Waals surface area contributed by atoms with E-state index in [1.807, 2.05) is 13.8 Å². The molecule has 1 atom stereocenters. The molecule has 1 fully saturated rings. The Labute approximate surface area is 103 Å². The monoisotopic (exact) mass is 242 g/mol. The number of hydrogen-bond donors (Lipinski definition) is 0. The van der Waals surface area contributed by atoms with Crippen LogP contribution in [0.25, 0.3) is 0 Å². The van der Waals surface area contributed by atoms with E-state index in [1.165, 1.54) is 6.08 Å². The lowest BCUT2D eigenvalue weighted by Crippen LogP contribution is -2.42. The van der Waals surface area contributed by atoms with Gasteiger partial charge in [0, 0.05) is 17.9 Å². The van der Waals surface area contributed by atoms with Crippen LogP contribution in [-0.4, -0.2) is 31.6 Å². The van der Waals surface area contributed by atoms with Crippen molar-refractivity contribution < 1.29 is 19.0 Å². The lowest BCUT2D eigenvalue weighted by molar-refractivity contribution is -0.269. The predicted molar refractivity (Wildman–Crippen MR) is 64.4 cm³/mol. The number of rotatable bonds is 5. The van der Waals surface area contributed by atoms with Crippen molar-refractivity contribution in [1.29, 1.82) is 0 Å². The van der Waals surface area contributed by atoms with Crippen LogP contribution in [0.2, 0.25) is 0 Å². The summed E-state index contributed by atoms with van der Waals surface area (Å²) in [6.45, 7) is 11.0. The van der Waals surface area contributed by atoms with E-state index >= 15 is 0 Å². The summed E-state index contributed by atoms with van der Waals surface area (Å²) in [5.41, 5.74) is 0. The summed E-state index contributed by atoms with van der Waals surface area (Å²) in [4.78, 5) is 11.0. The largest absolute Gasteiger partial charge is 0.462 e. The molecule has 0 N–H and O–H groups in total. The minimum absolute atomic E-state index is 0.273. The first-order valence-electron chi connectivity index (χ1n) is 6.05. The normalized spacial score (nSPS) is 21.8. The number of carbonyl (C=O) groups excluding carboxylic acids is 1. The quantitative estimate of drug-likeness (QED) is 0.547. The molecule has 1 saturated heterocycles. The summed E-state index contributed by atoms with van der Waals surface area (Å²) in [5, 5.41) is 0. The van der Waals surface area contributed by atoms with Crippen molar-refractivity contribution in [2.24, 2.45) is 11.8 Å². The molecule has 98 valence electrons. The van der Waals surface area contributed by atoms with E-state index in [0.29, 0.717) is 19.8 Å². The van der Waals surface area contributed by atoms with Gasteiger partial charge in [0.05, 0.1) is 19.8 Å². The molecule has 0 aliphatic carbocycles. The van der Waals surface area contributed by atoms with Gasteiger partial charge in [0.1, 0.15) is 0 Å². The smallest absolute Gasteiger partial charge is 0.330 e. The maximum atomic E-state index is 11.0. The lowest BCUT2D eigenvalue weighted by Gasteiger charge is -2.37. The minimum atomic E-state index is -0.493. The van der Waals surface area contributed by atoms with Gasteiger partial charge in [-0.3, -0.25) is 0 Å². The van der Waals surface area contributed by atoms with Crippen LogP contribution in [0.3, 0.4) is 0 Å². The Morgan fingerprint density at radius 2 is 2.12 bits per heavy atom. The molecule has 1 aliphatic heterocycles. The second-order valence-corrected chi connectivity index (χ2v) is 4.78. The summed E-state index contributed by atoms with van der Waals surface area (Å²) < 4.78 is 16.3. The summed E-state index contributed by atoms with van der Waals surface area (Å²) in [6.07, 6.45) is 2.12. The zero-order valence-electron chi connectivity index (χ0n) is 10.9. The molecular weight excluding hydrogens is 220 g/mol. The fraction of sp³-hybridized carbons (Fsp3) is 0.769. The molecule has 4 nitrogen and oxygen atoms in total. The molecule has 1 heterocycles. The highest BCUT2D eigenvalue weighted by Crippen LogP contribution is 2.27. The average molecular weight is 242 g/mol. The van der Waals surface area contributed by atoms with Crippen LogP contribution < -0.4 is 0 Å². The zero-order chi connectivity index (χ0) is 12.9. The Balaban J connectivity index is 2.40. The number of hydrogen-bond acceptors (Lipinski definition) is 4. The van der Waals surface area contributed by atoms with Crippen LogP contribution in [0.1, 0.15) is 27.2 Å². The predicted octanol–water partition coefficient (Wildman–Crippen LogP) is 2.14. The highest BCUT2D eigenvalue weighted by molar-refractivity contribution is 5.81. The lowest BCUT2D eigenvalue weighted by atomic mass is 9.91. The number of ether oxygens (including phenoxy) is 3. The maximum Gasteiger partial charge on any atom is 0.330 e. The van der Waals surface area contributed by atoms with Crippen molar-refractivity contribution in [1.82, 2.24) is 0 Å². The van der Waals surface area contributed by atoms with E-state index in [1.54, 1.807) is 0 Å². The Morgan fingerprint density at radius 3 is 2.59 bits per heavy atom. The maximum absolute atomic E-state index is 11.0. The van der Waals surface area contributed by atoms with Crippen molar-refractivity contribution in [2.75, 3.05) is 19.8 Å². The molecule has 4 heteroatoms. The Hall–Kier alpha value is -0.870. The molecule has 1 rings (SSSR count). The third-order valence-electron chi connectivity index (χ3n) is 3.09. The molecule has 0 aromatic carbocycles. The van der Waals surface area contributed by atoms with E-state index in [2.05, 4.69) is 13.5 Å². The molecule has 0 amide bonds. The SMILES string of the molecule is C=CC(=O)OCC(CC)C1COC(C)(C)OC1. The van der Waals surface area contributed by atoms with Gasteiger partial charge in [0.25, 0.3) is 0 Å². The summed E-state index contributed by atoms with van der Waals surface area (Å²) >= 11 is 0. The Bertz CT molecular complexity index is 263. The molecule has 0 radical (unpaired) electrons. The van der Waals surface area contributed by atoms with Crippen molar-refractivity contribution in [3.05, 3.63) is 12.7 Å². The van der Waals surface area contributed by atoms with Gasteiger partial charge < -0.3 is 14.2 Å². The second kappa shape index (κ2) is 6.17. The van der Waals surface area contributed by atoms with E-state index < -0.39 is 5.79 Å². The van der Waals surface area contributed by atoms with Crippen molar-refractivity contribution >= 4 is 5.97 Å². The fourth-order valence-electron chi connectivity index (χ4n) is 1.81. The van der Waals surface area contributed by atoms with Crippen LogP contribution in [0.5, 0.6) is 0 Å². The highest BCUT2D eigenvalue weighted by atomic mass is 16.7. The molecule has 17 heavy (non-hydrogen) atoms. The van der Waals surface area contributed by atoms with E-state index in [0.717, 1.165) is 6.42 Å². The van der Waals surface area contributed by atoms with Gasteiger partial charge in [-0.15, -0.1) is 0 Å². The van der Waals surface area contributed by atoms with Crippen LogP contribution in [0, 0.1) is 11.8 Å². The third-order valence-corrected chi connectivity index (χ3v) is 3.09. The van der Waals surface area contributed by atoms with Gasteiger partial charge in [0.2, 0.25) is 0 Å². The van der Waals surface area contributed by atoms with Crippen LogP contribution in [-0.2, 0) is 19.0 Å². The van der Waals surface area contributed by atoms with Gasteiger partial charge in [-0.25, -0.2) is 4.79 Å². The fourth-order valence-corrected chi connectivity index (χ4v) is 1.81. The summed E-state index contributed by atoms with van der Waals surface area (Å²) in [5.74, 6) is -0.311. The second-order valence-electron chi connectivity index (χ2n) is 4.78.